The number of hydrogen-bond acceptors (Lipinski definition) is 6. The van der Waals surface area contributed by atoms with Crippen LogP contribution in [0.2, 0.25) is 0 Å². The molecule has 1 atom stereocenters. The monoisotopic (exact) mass is 401 g/mol. The molecule has 28 heavy (non-hydrogen) atoms. The maximum Gasteiger partial charge on any atom is 0.307 e. The summed E-state index contributed by atoms with van der Waals surface area (Å²) in [7, 11) is -3.71. The molecule has 0 aliphatic carbocycles. The summed E-state index contributed by atoms with van der Waals surface area (Å²) in [5.74, 6) is -1.25. The van der Waals surface area contributed by atoms with E-state index in [1.165, 1.54) is 19.1 Å². The van der Waals surface area contributed by atoms with Gasteiger partial charge in [-0.3, -0.25) is 9.59 Å². The Bertz CT molecular complexity index is 967. The lowest BCUT2D eigenvalue weighted by Gasteiger charge is -2.14. The summed E-state index contributed by atoms with van der Waals surface area (Å²) in [6.45, 7) is 1.26. The van der Waals surface area contributed by atoms with Crippen LogP contribution < -0.4 is 10.0 Å². The Labute approximate surface area is 163 Å². The van der Waals surface area contributed by atoms with E-state index >= 15 is 0 Å². The van der Waals surface area contributed by atoms with Crippen LogP contribution in [0.4, 0.5) is 5.69 Å². The van der Waals surface area contributed by atoms with E-state index in [2.05, 4.69) is 10.0 Å². The zero-order valence-electron chi connectivity index (χ0n) is 15.1. The fourth-order valence-corrected chi connectivity index (χ4v) is 3.20. The van der Waals surface area contributed by atoms with Gasteiger partial charge in [0.25, 0.3) is 5.91 Å². The molecule has 0 spiro atoms. The normalized spacial score (nSPS) is 11.9. The van der Waals surface area contributed by atoms with E-state index in [0.29, 0.717) is 11.3 Å². The van der Waals surface area contributed by atoms with Gasteiger partial charge in [-0.05, 0) is 43.3 Å². The molecular formula is C19H19N3O5S. The van der Waals surface area contributed by atoms with Gasteiger partial charge in [0.05, 0.1) is 22.9 Å². The van der Waals surface area contributed by atoms with E-state index in [9.17, 15) is 18.0 Å². The van der Waals surface area contributed by atoms with Gasteiger partial charge in [-0.2, -0.15) is 5.26 Å². The lowest BCUT2D eigenvalue weighted by molar-refractivity contribution is -0.152. The molecule has 146 valence electrons. The van der Waals surface area contributed by atoms with Crippen molar-refractivity contribution in [2.24, 2.45) is 0 Å². The molecule has 0 aliphatic rings. The maximum absolute atomic E-state index is 12.1. The number of hydrogen-bond donors (Lipinski definition) is 2. The summed E-state index contributed by atoms with van der Waals surface area (Å²) in [5, 5.41) is 11.3. The van der Waals surface area contributed by atoms with Crippen molar-refractivity contribution < 1.29 is 22.7 Å². The molecule has 1 amide bonds. The average Bonchev–Trinajstić information content (AvgIpc) is 2.69. The first-order valence-corrected chi connectivity index (χ1v) is 9.85. The van der Waals surface area contributed by atoms with Crippen molar-refractivity contribution in [1.29, 1.82) is 5.26 Å². The van der Waals surface area contributed by atoms with Crippen LogP contribution in [0.5, 0.6) is 0 Å². The Hall–Kier alpha value is -3.22. The minimum Gasteiger partial charge on any atom is -0.452 e. The van der Waals surface area contributed by atoms with E-state index in [1.807, 2.05) is 6.07 Å². The van der Waals surface area contributed by atoms with Crippen LogP contribution in [0.3, 0.4) is 0 Å². The van der Waals surface area contributed by atoms with Gasteiger partial charge in [-0.25, -0.2) is 13.1 Å². The smallest absolute Gasteiger partial charge is 0.307 e. The quantitative estimate of drug-likeness (QED) is 0.650. The van der Waals surface area contributed by atoms with Gasteiger partial charge in [0.1, 0.15) is 0 Å². The number of rotatable bonds is 8. The molecule has 2 N–H and O–H groups in total. The van der Waals surface area contributed by atoms with E-state index in [-0.39, 0.29) is 17.9 Å². The third-order valence-corrected chi connectivity index (χ3v) is 5.11. The summed E-state index contributed by atoms with van der Waals surface area (Å²) < 4.78 is 31.4. The highest BCUT2D eigenvalue weighted by molar-refractivity contribution is 7.89. The molecule has 0 heterocycles. The summed E-state index contributed by atoms with van der Waals surface area (Å²) in [5.41, 5.74) is 0.915. The number of anilines is 1. The second kappa shape index (κ2) is 9.64. The number of benzene rings is 2. The van der Waals surface area contributed by atoms with E-state index in [1.54, 1.807) is 42.5 Å². The van der Waals surface area contributed by atoms with Gasteiger partial charge in [0.15, 0.2) is 6.10 Å². The molecule has 2 rings (SSSR count). The zero-order chi connectivity index (χ0) is 20.6. The first-order valence-electron chi connectivity index (χ1n) is 8.37. The van der Waals surface area contributed by atoms with E-state index < -0.39 is 28.0 Å². The molecule has 0 aromatic heterocycles. The number of nitrogens with zero attached hydrogens (tertiary/aromatic N) is 1. The number of amides is 1. The molecule has 2 aromatic rings. The maximum atomic E-state index is 12.1. The molecule has 0 aliphatic heterocycles. The van der Waals surface area contributed by atoms with Gasteiger partial charge in [0, 0.05) is 12.2 Å². The molecule has 2 aromatic carbocycles. The minimum absolute atomic E-state index is 0.0959. The number of nitriles is 1. The van der Waals surface area contributed by atoms with Crippen molar-refractivity contribution in [3.05, 3.63) is 60.2 Å². The lowest BCUT2D eigenvalue weighted by Crippen LogP contribution is -2.32. The number of sulfonamides is 1. The van der Waals surface area contributed by atoms with Gasteiger partial charge < -0.3 is 10.1 Å². The summed E-state index contributed by atoms with van der Waals surface area (Å²) in [6, 6.07) is 15.9. The third kappa shape index (κ3) is 6.19. The van der Waals surface area contributed by atoms with Crippen LogP contribution in [0, 0.1) is 11.3 Å². The molecule has 0 saturated heterocycles. The number of esters is 1. The van der Waals surface area contributed by atoms with Crippen molar-refractivity contribution in [3.8, 4) is 6.07 Å². The van der Waals surface area contributed by atoms with E-state index in [4.69, 9.17) is 10.00 Å². The topological polar surface area (TPSA) is 125 Å². The lowest BCUT2D eigenvalue weighted by atomic mass is 10.2. The van der Waals surface area contributed by atoms with Crippen LogP contribution in [-0.4, -0.2) is 32.9 Å². The summed E-state index contributed by atoms with van der Waals surface area (Å²) in [4.78, 5) is 24.0. The largest absolute Gasteiger partial charge is 0.452 e. The molecule has 0 saturated carbocycles. The Morgan fingerprint density at radius 1 is 1.11 bits per heavy atom. The van der Waals surface area contributed by atoms with Crippen molar-refractivity contribution >= 4 is 27.6 Å². The van der Waals surface area contributed by atoms with Crippen LogP contribution in [0.1, 0.15) is 18.9 Å². The average molecular weight is 401 g/mol. The summed E-state index contributed by atoms with van der Waals surface area (Å²) >= 11 is 0. The number of carbonyl (C=O) groups excluding carboxylic acids is 2. The SMILES string of the molecule is CC(OC(=O)CCNS(=O)(=O)c1ccccc1)C(=O)Nc1ccc(C#N)cc1. The molecule has 0 radical (unpaired) electrons. The van der Waals surface area contributed by atoms with E-state index in [0.717, 1.165) is 0 Å². The van der Waals surface area contributed by atoms with Crippen molar-refractivity contribution in [1.82, 2.24) is 4.72 Å². The zero-order valence-corrected chi connectivity index (χ0v) is 15.9. The number of ether oxygens (including phenoxy) is 1. The Morgan fingerprint density at radius 3 is 2.36 bits per heavy atom. The highest BCUT2D eigenvalue weighted by Crippen LogP contribution is 2.10. The fraction of sp³-hybridized carbons (Fsp3) is 0.211. The number of carbonyl (C=O) groups is 2. The van der Waals surface area contributed by atoms with Crippen LogP contribution in [0.25, 0.3) is 0 Å². The van der Waals surface area contributed by atoms with Gasteiger partial charge in [-0.15, -0.1) is 0 Å². The van der Waals surface area contributed by atoms with Gasteiger partial charge in [0.2, 0.25) is 10.0 Å². The second-order valence-corrected chi connectivity index (χ2v) is 7.54. The molecule has 9 heteroatoms. The minimum atomic E-state index is -3.71. The van der Waals surface area contributed by atoms with Crippen molar-refractivity contribution in [3.63, 3.8) is 0 Å². The Kier molecular flexibility index (Phi) is 7.26. The van der Waals surface area contributed by atoms with Crippen LogP contribution >= 0.6 is 0 Å². The molecule has 0 fully saturated rings. The standard InChI is InChI=1S/C19H19N3O5S/c1-14(19(24)22-16-9-7-15(13-20)8-10-16)27-18(23)11-12-21-28(25,26)17-5-3-2-4-6-17/h2-10,14,21H,11-12H2,1H3,(H,22,24). The molecule has 8 nitrogen and oxygen atoms in total. The Balaban J connectivity index is 1.78. The summed E-state index contributed by atoms with van der Waals surface area (Å²) in [6.07, 6.45) is -1.28. The predicted molar refractivity (Wildman–Crippen MR) is 102 cm³/mol. The first kappa shape index (κ1) is 21.1. The predicted octanol–water partition coefficient (Wildman–Crippen LogP) is 1.80. The highest BCUT2D eigenvalue weighted by atomic mass is 32.2. The van der Waals surface area contributed by atoms with Crippen molar-refractivity contribution in [2.45, 2.75) is 24.3 Å². The third-order valence-electron chi connectivity index (χ3n) is 3.63. The van der Waals surface area contributed by atoms with Crippen LogP contribution in [-0.2, 0) is 24.3 Å². The Morgan fingerprint density at radius 2 is 1.75 bits per heavy atom. The molecule has 1 unspecified atom stereocenters. The second-order valence-electron chi connectivity index (χ2n) is 5.77. The first-order chi connectivity index (χ1) is 13.3. The molecule has 0 bridgehead atoms. The van der Waals surface area contributed by atoms with Crippen LogP contribution in [0.15, 0.2) is 59.5 Å². The highest BCUT2D eigenvalue weighted by Gasteiger charge is 2.19. The van der Waals surface area contributed by atoms with Gasteiger partial charge in [-0.1, -0.05) is 18.2 Å². The van der Waals surface area contributed by atoms with Crippen molar-refractivity contribution in [2.75, 3.05) is 11.9 Å². The number of nitrogens with one attached hydrogen (secondary N) is 2. The van der Waals surface area contributed by atoms with Gasteiger partial charge >= 0.3 is 5.97 Å². The molecular weight excluding hydrogens is 382 g/mol. The fourth-order valence-electron chi connectivity index (χ4n) is 2.15.